The van der Waals surface area contributed by atoms with Crippen molar-refractivity contribution in [2.75, 3.05) is 31.1 Å². The minimum Gasteiger partial charge on any atom is -0.351 e. The third-order valence-corrected chi connectivity index (χ3v) is 6.80. The molecule has 2 aromatic heterocycles. The number of aromatic nitrogens is 5. The highest BCUT2D eigenvalue weighted by atomic mass is 16.2. The molecule has 0 unspecified atom stereocenters. The van der Waals surface area contributed by atoms with Crippen LogP contribution in [-0.2, 0) is 17.8 Å². The summed E-state index contributed by atoms with van der Waals surface area (Å²) in [5.41, 5.74) is 5.90. The van der Waals surface area contributed by atoms with Crippen LogP contribution < -0.4 is 4.90 Å². The number of anilines is 1. The molecule has 184 valence electrons. The lowest BCUT2D eigenvalue weighted by atomic mass is 10.0. The van der Waals surface area contributed by atoms with Gasteiger partial charge in [-0.05, 0) is 22.3 Å². The molecule has 6 rings (SSSR count). The van der Waals surface area contributed by atoms with Crippen molar-refractivity contribution in [2.45, 2.75) is 13.0 Å². The molecule has 0 N–H and O–H groups in total. The average Bonchev–Trinajstić information content (AvgIpc) is 3.37. The summed E-state index contributed by atoms with van der Waals surface area (Å²) in [6.45, 7) is 3.27. The second kappa shape index (κ2) is 10.2. The number of nitrogens with zero attached hydrogens (tertiary/aromatic N) is 7. The van der Waals surface area contributed by atoms with Gasteiger partial charge in [-0.15, -0.1) is 5.10 Å². The van der Waals surface area contributed by atoms with Gasteiger partial charge >= 0.3 is 0 Å². The third kappa shape index (κ3) is 4.91. The molecule has 3 aromatic carbocycles. The van der Waals surface area contributed by atoms with Gasteiger partial charge in [0.25, 0.3) is 0 Å². The van der Waals surface area contributed by atoms with Crippen LogP contribution in [0.4, 0.5) is 5.82 Å². The fourth-order valence-electron chi connectivity index (χ4n) is 4.77. The van der Waals surface area contributed by atoms with Crippen LogP contribution in [0, 0.1) is 0 Å². The van der Waals surface area contributed by atoms with Crippen molar-refractivity contribution < 1.29 is 4.79 Å². The first kappa shape index (κ1) is 22.8. The maximum Gasteiger partial charge on any atom is 0.227 e. The Bertz CT molecular complexity index is 1490. The summed E-state index contributed by atoms with van der Waals surface area (Å²) in [6.07, 6.45) is 1.97. The molecule has 37 heavy (non-hydrogen) atoms. The lowest BCUT2D eigenvalue weighted by molar-refractivity contribution is -0.130. The zero-order valence-corrected chi connectivity index (χ0v) is 20.4. The molecule has 0 radical (unpaired) electrons. The SMILES string of the molecule is O=C(Cc1ccc(-c2ccccc2)cc1)N1CCN(c2ncnc3c2nnn3Cc2ccccc2)CC1. The van der Waals surface area contributed by atoms with E-state index in [9.17, 15) is 4.79 Å². The number of fused-ring (bicyclic) bond motifs is 1. The number of piperazine rings is 1. The monoisotopic (exact) mass is 489 g/mol. The van der Waals surface area contributed by atoms with E-state index < -0.39 is 0 Å². The maximum atomic E-state index is 13.0. The molecule has 5 aromatic rings. The van der Waals surface area contributed by atoms with Crippen molar-refractivity contribution in [1.82, 2.24) is 29.9 Å². The lowest BCUT2D eigenvalue weighted by Gasteiger charge is -2.35. The molecule has 1 aliphatic rings. The van der Waals surface area contributed by atoms with Crippen LogP contribution in [-0.4, -0.2) is 61.9 Å². The van der Waals surface area contributed by atoms with Crippen molar-refractivity contribution in [3.63, 3.8) is 0 Å². The van der Waals surface area contributed by atoms with E-state index >= 15 is 0 Å². The summed E-state index contributed by atoms with van der Waals surface area (Å²) in [6, 6.07) is 28.7. The molecule has 0 bridgehead atoms. The van der Waals surface area contributed by atoms with Crippen molar-refractivity contribution in [2.24, 2.45) is 0 Å². The van der Waals surface area contributed by atoms with Gasteiger partial charge in [0.05, 0.1) is 13.0 Å². The number of hydrogen-bond donors (Lipinski definition) is 0. The normalized spacial score (nSPS) is 13.7. The van der Waals surface area contributed by atoms with Gasteiger partial charge in [-0.1, -0.05) is 90.1 Å². The summed E-state index contributed by atoms with van der Waals surface area (Å²) in [5, 5.41) is 8.73. The van der Waals surface area contributed by atoms with Gasteiger partial charge < -0.3 is 9.80 Å². The Balaban J connectivity index is 1.09. The minimum atomic E-state index is 0.147. The number of hydrogen-bond acceptors (Lipinski definition) is 6. The van der Waals surface area contributed by atoms with Crippen LogP contribution in [0.2, 0.25) is 0 Å². The Labute approximate surface area is 215 Å². The molecule has 3 heterocycles. The van der Waals surface area contributed by atoms with E-state index in [-0.39, 0.29) is 5.91 Å². The molecular weight excluding hydrogens is 462 g/mol. The quantitative estimate of drug-likeness (QED) is 0.361. The number of carbonyl (C=O) groups is 1. The fourth-order valence-corrected chi connectivity index (χ4v) is 4.77. The summed E-state index contributed by atoms with van der Waals surface area (Å²) in [7, 11) is 0. The maximum absolute atomic E-state index is 13.0. The molecule has 1 aliphatic heterocycles. The molecule has 1 fully saturated rings. The molecule has 1 saturated heterocycles. The zero-order valence-electron chi connectivity index (χ0n) is 20.4. The predicted octanol–water partition coefficient (Wildman–Crippen LogP) is 3.83. The Morgan fingerprint density at radius 1 is 0.730 bits per heavy atom. The van der Waals surface area contributed by atoms with Crippen molar-refractivity contribution in [1.29, 1.82) is 0 Å². The van der Waals surface area contributed by atoms with Crippen molar-refractivity contribution >= 4 is 22.9 Å². The Morgan fingerprint density at radius 2 is 1.41 bits per heavy atom. The van der Waals surface area contributed by atoms with Crippen LogP contribution in [0.1, 0.15) is 11.1 Å². The molecule has 0 atom stereocenters. The molecule has 1 amide bonds. The standard InChI is InChI=1S/C29H27N7O/c37-26(19-22-11-13-25(14-12-22)24-9-5-2-6-10-24)34-15-17-35(18-16-34)28-27-29(31-21-30-28)36(33-32-27)20-23-7-3-1-4-8-23/h1-14,21H,15-20H2. The van der Waals surface area contributed by atoms with Crippen LogP contribution in [0.25, 0.3) is 22.3 Å². The highest BCUT2D eigenvalue weighted by Gasteiger charge is 2.25. The number of amides is 1. The second-order valence-corrected chi connectivity index (χ2v) is 9.21. The van der Waals surface area contributed by atoms with E-state index in [1.165, 1.54) is 5.56 Å². The minimum absolute atomic E-state index is 0.147. The molecule has 8 heteroatoms. The van der Waals surface area contributed by atoms with Crippen molar-refractivity contribution in [3.8, 4) is 11.1 Å². The van der Waals surface area contributed by atoms with E-state index in [1.54, 1.807) is 11.0 Å². The molecular formula is C29H27N7O. The average molecular weight is 490 g/mol. The van der Waals surface area contributed by atoms with Crippen molar-refractivity contribution in [3.05, 3.63) is 102 Å². The Kier molecular flexibility index (Phi) is 6.29. The predicted molar refractivity (Wildman–Crippen MR) is 143 cm³/mol. The first-order valence-corrected chi connectivity index (χ1v) is 12.5. The summed E-state index contributed by atoms with van der Waals surface area (Å²) >= 11 is 0. The Hall–Kier alpha value is -4.59. The van der Waals surface area contributed by atoms with Gasteiger partial charge in [-0.25, -0.2) is 14.6 Å². The number of benzene rings is 3. The van der Waals surface area contributed by atoms with E-state index in [2.05, 4.69) is 61.6 Å². The van der Waals surface area contributed by atoms with Gasteiger partial charge in [0.1, 0.15) is 6.33 Å². The van der Waals surface area contributed by atoms with Crippen LogP contribution in [0.3, 0.4) is 0 Å². The topological polar surface area (TPSA) is 80.0 Å². The smallest absolute Gasteiger partial charge is 0.227 e. The Morgan fingerprint density at radius 3 is 2.14 bits per heavy atom. The molecule has 8 nitrogen and oxygen atoms in total. The molecule has 0 aliphatic carbocycles. The second-order valence-electron chi connectivity index (χ2n) is 9.21. The van der Waals surface area contributed by atoms with Gasteiger partial charge in [-0.2, -0.15) is 0 Å². The largest absolute Gasteiger partial charge is 0.351 e. The van der Waals surface area contributed by atoms with Gasteiger partial charge in [0, 0.05) is 26.2 Å². The third-order valence-electron chi connectivity index (χ3n) is 6.80. The number of carbonyl (C=O) groups excluding carboxylic acids is 1. The molecule has 0 spiro atoms. The van der Waals surface area contributed by atoms with E-state index in [0.29, 0.717) is 50.3 Å². The van der Waals surface area contributed by atoms with Crippen LogP contribution in [0.5, 0.6) is 0 Å². The summed E-state index contributed by atoms with van der Waals surface area (Å²) < 4.78 is 1.80. The zero-order chi connectivity index (χ0) is 25.0. The van der Waals surface area contributed by atoms with Gasteiger partial charge in [0.15, 0.2) is 17.0 Å². The van der Waals surface area contributed by atoms with Gasteiger partial charge in [-0.3, -0.25) is 4.79 Å². The summed E-state index contributed by atoms with van der Waals surface area (Å²) in [4.78, 5) is 26.1. The lowest BCUT2D eigenvalue weighted by Crippen LogP contribution is -2.49. The highest BCUT2D eigenvalue weighted by Crippen LogP contribution is 2.23. The number of rotatable bonds is 6. The van der Waals surface area contributed by atoms with E-state index in [0.717, 1.165) is 22.5 Å². The molecule has 0 saturated carbocycles. The highest BCUT2D eigenvalue weighted by molar-refractivity contribution is 5.83. The first-order chi connectivity index (χ1) is 18.2. The summed E-state index contributed by atoms with van der Waals surface area (Å²) in [5.74, 6) is 0.918. The van der Waals surface area contributed by atoms with Gasteiger partial charge in [0.2, 0.25) is 5.91 Å². The van der Waals surface area contributed by atoms with Crippen LogP contribution >= 0.6 is 0 Å². The fraction of sp³-hybridized carbons (Fsp3) is 0.207. The van der Waals surface area contributed by atoms with Crippen LogP contribution in [0.15, 0.2) is 91.3 Å². The van der Waals surface area contributed by atoms with E-state index in [4.69, 9.17) is 0 Å². The first-order valence-electron chi connectivity index (χ1n) is 12.5. The van der Waals surface area contributed by atoms with E-state index in [1.807, 2.05) is 53.4 Å².